The lowest BCUT2D eigenvalue weighted by Gasteiger charge is -2.20. The van der Waals surface area contributed by atoms with Crippen molar-refractivity contribution in [2.24, 2.45) is 17.3 Å². The summed E-state index contributed by atoms with van der Waals surface area (Å²) in [5, 5.41) is 19.4. The highest BCUT2D eigenvalue weighted by Gasteiger charge is 2.60. The number of aliphatic hydroxyl groups excluding tert-OH is 1. The van der Waals surface area contributed by atoms with Crippen LogP contribution >= 0.6 is 0 Å². The molecule has 0 aromatic carbocycles. The molecule has 1 aliphatic heterocycles. The molecular weight excluding hydrogens is 208 g/mol. The summed E-state index contributed by atoms with van der Waals surface area (Å²) in [6.07, 6.45) is 1.01. The smallest absolute Gasteiger partial charge is 0.280 e. The molecule has 1 heterocycles. The van der Waals surface area contributed by atoms with Crippen LogP contribution in [-0.4, -0.2) is 35.5 Å². The Morgan fingerprint density at radius 1 is 1.25 bits per heavy atom. The molecule has 2 N–H and O–H groups in total. The van der Waals surface area contributed by atoms with Crippen molar-refractivity contribution in [3.63, 3.8) is 0 Å². The minimum absolute atomic E-state index is 0.169. The van der Waals surface area contributed by atoms with E-state index in [2.05, 4.69) is 13.8 Å². The Balaban J connectivity index is 1.91. The van der Waals surface area contributed by atoms with Crippen molar-refractivity contribution in [2.45, 2.75) is 45.7 Å². The quantitative estimate of drug-likeness (QED) is 0.759. The first kappa shape index (κ1) is 12.3. The summed E-state index contributed by atoms with van der Waals surface area (Å²) in [5.41, 5.74) is 0.169. The van der Waals surface area contributed by atoms with Gasteiger partial charge in [0, 0.05) is 6.42 Å². The second-order valence-corrected chi connectivity index (χ2v) is 5.73. The van der Waals surface area contributed by atoms with E-state index in [9.17, 15) is 10.2 Å². The third-order valence-corrected chi connectivity index (χ3v) is 4.10. The number of aliphatic hydroxyl groups is 2. The molecule has 2 fully saturated rings. The number of rotatable bonds is 4. The summed E-state index contributed by atoms with van der Waals surface area (Å²) in [4.78, 5) is 0. The number of hydrogen-bond acceptors (Lipinski definition) is 4. The van der Waals surface area contributed by atoms with Crippen LogP contribution in [0.3, 0.4) is 0 Å². The topological polar surface area (TPSA) is 58.9 Å². The van der Waals surface area contributed by atoms with Gasteiger partial charge in [-0.2, -0.15) is 0 Å². The molecular formula is C12H22O4. The largest absolute Gasteiger partial charge is 0.393 e. The lowest BCUT2D eigenvalue weighted by molar-refractivity contribution is -0.311. The average Bonchev–Trinajstić information content (AvgIpc) is 2.56. The van der Waals surface area contributed by atoms with Gasteiger partial charge in [-0.15, -0.1) is 0 Å². The van der Waals surface area contributed by atoms with E-state index in [-0.39, 0.29) is 11.5 Å². The van der Waals surface area contributed by atoms with Crippen LogP contribution in [0.15, 0.2) is 0 Å². The monoisotopic (exact) mass is 230 g/mol. The van der Waals surface area contributed by atoms with Gasteiger partial charge in [-0.25, -0.2) is 0 Å². The SMILES string of the molecule is CC(O)CC1C(CC2(O)OCCO2)C1(C)C. The minimum Gasteiger partial charge on any atom is -0.393 e. The van der Waals surface area contributed by atoms with Crippen molar-refractivity contribution in [1.29, 1.82) is 0 Å². The van der Waals surface area contributed by atoms with E-state index < -0.39 is 5.97 Å². The molecule has 94 valence electrons. The zero-order valence-electron chi connectivity index (χ0n) is 10.3. The first-order valence-corrected chi connectivity index (χ1v) is 6.03. The maximum absolute atomic E-state index is 9.98. The zero-order valence-corrected chi connectivity index (χ0v) is 10.3. The molecule has 16 heavy (non-hydrogen) atoms. The Morgan fingerprint density at radius 2 is 1.81 bits per heavy atom. The number of hydrogen-bond donors (Lipinski definition) is 2. The van der Waals surface area contributed by atoms with Gasteiger partial charge in [-0.3, -0.25) is 0 Å². The molecule has 4 nitrogen and oxygen atoms in total. The summed E-state index contributed by atoms with van der Waals surface area (Å²) < 4.78 is 10.4. The van der Waals surface area contributed by atoms with E-state index in [1.807, 2.05) is 6.92 Å². The van der Waals surface area contributed by atoms with Crippen molar-refractivity contribution in [3.05, 3.63) is 0 Å². The third kappa shape index (κ3) is 2.25. The van der Waals surface area contributed by atoms with Gasteiger partial charge in [0.2, 0.25) is 0 Å². The fourth-order valence-corrected chi connectivity index (χ4v) is 2.94. The molecule has 3 atom stereocenters. The van der Waals surface area contributed by atoms with Crippen LogP contribution in [0.5, 0.6) is 0 Å². The van der Waals surface area contributed by atoms with Gasteiger partial charge in [-0.05, 0) is 30.6 Å². The third-order valence-electron chi connectivity index (χ3n) is 4.10. The predicted molar refractivity (Wildman–Crippen MR) is 58.5 cm³/mol. The molecule has 0 aromatic heterocycles. The zero-order chi connectivity index (χ0) is 12.0. The molecule has 0 spiro atoms. The highest BCUT2D eigenvalue weighted by molar-refractivity contribution is 5.06. The summed E-state index contributed by atoms with van der Waals surface area (Å²) in [6.45, 7) is 7.07. The maximum atomic E-state index is 9.98. The van der Waals surface area contributed by atoms with E-state index in [0.29, 0.717) is 31.5 Å². The molecule has 3 unspecified atom stereocenters. The molecule has 0 amide bonds. The Bertz CT molecular complexity index is 256. The van der Waals surface area contributed by atoms with Gasteiger partial charge < -0.3 is 19.7 Å². The second kappa shape index (κ2) is 3.95. The average molecular weight is 230 g/mol. The number of ether oxygens (including phenoxy) is 2. The van der Waals surface area contributed by atoms with Gasteiger partial charge >= 0.3 is 0 Å². The Morgan fingerprint density at radius 3 is 2.31 bits per heavy atom. The van der Waals surface area contributed by atoms with E-state index >= 15 is 0 Å². The normalized spacial score (nSPS) is 37.3. The van der Waals surface area contributed by atoms with Crippen LogP contribution in [0.4, 0.5) is 0 Å². The van der Waals surface area contributed by atoms with Gasteiger partial charge in [0.05, 0.1) is 19.3 Å². The second-order valence-electron chi connectivity index (χ2n) is 5.73. The highest BCUT2D eigenvalue weighted by Crippen LogP contribution is 2.63. The lowest BCUT2D eigenvalue weighted by atomic mass is 10.1. The molecule has 0 radical (unpaired) electrons. The molecule has 0 aromatic rings. The highest BCUT2D eigenvalue weighted by atomic mass is 16.8. The fourth-order valence-electron chi connectivity index (χ4n) is 2.94. The molecule has 4 heteroatoms. The van der Waals surface area contributed by atoms with Crippen molar-refractivity contribution < 1.29 is 19.7 Å². The van der Waals surface area contributed by atoms with E-state index in [4.69, 9.17) is 9.47 Å². The maximum Gasteiger partial charge on any atom is 0.280 e. The molecule has 1 aliphatic carbocycles. The summed E-state index contributed by atoms with van der Waals surface area (Å²) >= 11 is 0. The van der Waals surface area contributed by atoms with Crippen molar-refractivity contribution >= 4 is 0 Å². The van der Waals surface area contributed by atoms with E-state index in [1.165, 1.54) is 0 Å². The van der Waals surface area contributed by atoms with Crippen molar-refractivity contribution in [1.82, 2.24) is 0 Å². The van der Waals surface area contributed by atoms with Crippen LogP contribution in [0, 0.1) is 17.3 Å². The molecule has 1 saturated heterocycles. The Kier molecular flexibility index (Phi) is 3.03. The van der Waals surface area contributed by atoms with Crippen LogP contribution in [0.2, 0.25) is 0 Å². The Labute approximate surface area is 96.6 Å². The van der Waals surface area contributed by atoms with Crippen LogP contribution in [0.1, 0.15) is 33.6 Å². The summed E-state index contributed by atoms with van der Waals surface area (Å²) in [7, 11) is 0. The lowest BCUT2D eigenvalue weighted by Crippen LogP contribution is -2.30. The molecule has 2 aliphatic rings. The minimum atomic E-state index is -1.38. The van der Waals surface area contributed by atoms with Crippen LogP contribution < -0.4 is 0 Å². The van der Waals surface area contributed by atoms with Gasteiger partial charge in [-0.1, -0.05) is 13.8 Å². The van der Waals surface area contributed by atoms with Gasteiger partial charge in [0.25, 0.3) is 5.97 Å². The fraction of sp³-hybridized carbons (Fsp3) is 1.00. The standard InChI is InChI=1S/C12H22O4/c1-8(13)6-9-10(11(9,2)3)7-12(14)15-4-5-16-12/h8-10,13-14H,4-7H2,1-3H3. The predicted octanol–water partition coefficient (Wildman–Crippen LogP) is 1.11. The molecule has 1 saturated carbocycles. The van der Waals surface area contributed by atoms with Crippen LogP contribution in [0.25, 0.3) is 0 Å². The summed E-state index contributed by atoms with van der Waals surface area (Å²) in [5.74, 6) is -0.565. The molecule has 0 bridgehead atoms. The van der Waals surface area contributed by atoms with E-state index in [0.717, 1.165) is 6.42 Å². The van der Waals surface area contributed by atoms with E-state index in [1.54, 1.807) is 0 Å². The van der Waals surface area contributed by atoms with Gasteiger partial charge in [0.1, 0.15) is 0 Å². The Hall–Kier alpha value is -0.160. The first-order valence-electron chi connectivity index (χ1n) is 6.03. The first-order chi connectivity index (χ1) is 7.35. The van der Waals surface area contributed by atoms with Crippen molar-refractivity contribution in [3.8, 4) is 0 Å². The summed E-state index contributed by atoms with van der Waals surface area (Å²) in [6, 6.07) is 0. The van der Waals surface area contributed by atoms with Crippen LogP contribution in [-0.2, 0) is 9.47 Å². The van der Waals surface area contributed by atoms with Crippen molar-refractivity contribution in [2.75, 3.05) is 13.2 Å². The van der Waals surface area contributed by atoms with Gasteiger partial charge in [0.15, 0.2) is 0 Å². The molecule has 2 rings (SSSR count).